The van der Waals surface area contributed by atoms with Gasteiger partial charge in [0.1, 0.15) is 0 Å². The van der Waals surface area contributed by atoms with Crippen LogP contribution in [0.15, 0.2) is 108 Å². The summed E-state index contributed by atoms with van der Waals surface area (Å²) in [6, 6.07) is 27.9. The van der Waals surface area contributed by atoms with E-state index in [0.717, 1.165) is 11.1 Å². The Hall–Kier alpha value is -4.17. The Bertz CT molecular complexity index is 1380. The highest BCUT2D eigenvalue weighted by Gasteiger charge is 2.26. The fourth-order valence-electron chi connectivity index (χ4n) is 3.50. The van der Waals surface area contributed by atoms with Crippen LogP contribution in [0.4, 0.5) is 5.69 Å². The Balaban J connectivity index is 1.58. The Labute approximate surface area is 205 Å². The van der Waals surface area contributed by atoms with Gasteiger partial charge in [-0.1, -0.05) is 60.7 Å². The number of carbonyl (C=O) groups is 1. The van der Waals surface area contributed by atoms with E-state index in [0.29, 0.717) is 11.6 Å². The molecule has 1 heterocycles. The second-order valence-electron chi connectivity index (χ2n) is 7.75. The van der Waals surface area contributed by atoms with E-state index in [1.54, 1.807) is 54.7 Å². The normalized spacial score (nSPS) is 11.0. The molecule has 1 N–H and O–H groups in total. The highest BCUT2D eigenvalue weighted by atomic mass is 32.2. The van der Waals surface area contributed by atoms with Crippen molar-refractivity contribution in [1.29, 1.82) is 0 Å². The first-order chi connectivity index (χ1) is 17.0. The van der Waals surface area contributed by atoms with Crippen LogP contribution in [-0.4, -0.2) is 26.4 Å². The summed E-state index contributed by atoms with van der Waals surface area (Å²) >= 11 is 0. The fourth-order valence-corrected chi connectivity index (χ4v) is 5.00. The lowest BCUT2D eigenvalue weighted by molar-refractivity contribution is 0.0950. The van der Waals surface area contributed by atoms with Crippen molar-refractivity contribution in [3.05, 3.63) is 120 Å². The molecule has 0 aliphatic rings. The standard InChI is InChI=1S/C27H25N3O4S/c1-34-26-16-15-22(18-28-26)19-29-27(31)23-11-8-14-25(17-23)35(32,33)30(24-12-6-3-7-13-24)20-21-9-4-2-5-10-21/h2-18H,19-20H2,1H3,(H,29,31). The largest absolute Gasteiger partial charge is 0.481 e. The van der Waals surface area contributed by atoms with Crippen LogP contribution >= 0.6 is 0 Å². The third-order valence-corrected chi connectivity index (χ3v) is 7.13. The lowest BCUT2D eigenvalue weighted by atomic mass is 10.2. The summed E-state index contributed by atoms with van der Waals surface area (Å²) in [7, 11) is -2.42. The molecular formula is C27H25N3O4S. The first kappa shape index (κ1) is 24.0. The zero-order valence-corrected chi connectivity index (χ0v) is 20.0. The summed E-state index contributed by atoms with van der Waals surface area (Å²) in [6.07, 6.45) is 1.61. The molecule has 4 rings (SSSR count). The van der Waals surface area contributed by atoms with Gasteiger partial charge in [-0.2, -0.15) is 0 Å². The van der Waals surface area contributed by atoms with Gasteiger partial charge in [0, 0.05) is 24.4 Å². The number of hydrogen-bond donors (Lipinski definition) is 1. The van der Waals surface area contributed by atoms with Gasteiger partial charge in [-0.25, -0.2) is 13.4 Å². The summed E-state index contributed by atoms with van der Waals surface area (Å²) in [5, 5.41) is 2.80. The topological polar surface area (TPSA) is 88.6 Å². The Morgan fingerprint density at radius 1 is 0.886 bits per heavy atom. The molecule has 1 amide bonds. The van der Waals surface area contributed by atoms with Crippen molar-refractivity contribution in [2.24, 2.45) is 0 Å². The van der Waals surface area contributed by atoms with Gasteiger partial charge in [-0.15, -0.1) is 0 Å². The molecule has 3 aromatic carbocycles. The van der Waals surface area contributed by atoms with E-state index < -0.39 is 10.0 Å². The molecule has 0 bridgehead atoms. The Morgan fingerprint density at radius 3 is 2.26 bits per heavy atom. The number of rotatable bonds is 9. The van der Waals surface area contributed by atoms with Gasteiger partial charge in [0.05, 0.1) is 24.2 Å². The number of methoxy groups -OCH3 is 1. The van der Waals surface area contributed by atoms with Gasteiger partial charge in [0.2, 0.25) is 5.88 Å². The number of sulfonamides is 1. The molecule has 4 aromatic rings. The number of benzene rings is 3. The molecule has 0 aliphatic carbocycles. The quantitative estimate of drug-likeness (QED) is 0.378. The summed E-state index contributed by atoms with van der Waals surface area (Å²) in [5.41, 5.74) is 2.43. The lowest BCUT2D eigenvalue weighted by Gasteiger charge is -2.25. The van der Waals surface area contributed by atoms with E-state index in [1.807, 2.05) is 36.4 Å². The highest BCUT2D eigenvalue weighted by molar-refractivity contribution is 7.92. The molecule has 0 spiro atoms. The molecular weight excluding hydrogens is 462 g/mol. The van der Waals surface area contributed by atoms with E-state index >= 15 is 0 Å². The van der Waals surface area contributed by atoms with Gasteiger partial charge < -0.3 is 10.1 Å². The van der Waals surface area contributed by atoms with Crippen LogP contribution in [-0.2, 0) is 23.1 Å². The van der Waals surface area contributed by atoms with Crippen molar-refractivity contribution in [2.75, 3.05) is 11.4 Å². The molecule has 0 atom stereocenters. The molecule has 0 fully saturated rings. The minimum atomic E-state index is -3.95. The third kappa shape index (κ3) is 5.85. The second kappa shape index (κ2) is 10.8. The summed E-state index contributed by atoms with van der Waals surface area (Å²) in [6.45, 7) is 0.408. The van der Waals surface area contributed by atoms with E-state index in [1.165, 1.54) is 23.5 Å². The number of aromatic nitrogens is 1. The van der Waals surface area contributed by atoms with Gasteiger partial charge >= 0.3 is 0 Å². The van der Waals surface area contributed by atoms with Gasteiger partial charge in [0.15, 0.2) is 0 Å². The average molecular weight is 488 g/mol. The maximum atomic E-state index is 13.7. The Morgan fingerprint density at radius 2 is 1.60 bits per heavy atom. The minimum absolute atomic E-state index is 0.0380. The number of anilines is 1. The van der Waals surface area contributed by atoms with Crippen LogP contribution in [0.2, 0.25) is 0 Å². The number of para-hydroxylation sites is 1. The number of hydrogen-bond acceptors (Lipinski definition) is 5. The second-order valence-corrected chi connectivity index (χ2v) is 9.61. The van der Waals surface area contributed by atoms with Crippen LogP contribution in [0.5, 0.6) is 5.88 Å². The number of nitrogens with zero attached hydrogens (tertiary/aromatic N) is 2. The van der Waals surface area contributed by atoms with E-state index in [9.17, 15) is 13.2 Å². The Kier molecular flexibility index (Phi) is 7.42. The maximum absolute atomic E-state index is 13.7. The van der Waals surface area contributed by atoms with Gasteiger partial charge in [0.25, 0.3) is 15.9 Å². The molecule has 1 aromatic heterocycles. The van der Waals surface area contributed by atoms with E-state index in [-0.39, 0.29) is 29.5 Å². The maximum Gasteiger partial charge on any atom is 0.264 e. The molecule has 0 saturated heterocycles. The summed E-state index contributed by atoms with van der Waals surface area (Å²) < 4.78 is 33.8. The third-order valence-electron chi connectivity index (χ3n) is 5.36. The highest BCUT2D eigenvalue weighted by Crippen LogP contribution is 2.26. The van der Waals surface area contributed by atoms with Crippen molar-refractivity contribution in [2.45, 2.75) is 18.0 Å². The smallest absolute Gasteiger partial charge is 0.264 e. The number of pyridine rings is 1. The SMILES string of the molecule is COc1ccc(CNC(=O)c2cccc(S(=O)(=O)N(Cc3ccccc3)c3ccccc3)c2)cn1. The van der Waals surface area contributed by atoms with E-state index in [4.69, 9.17) is 4.74 Å². The van der Waals surface area contributed by atoms with Crippen molar-refractivity contribution in [3.8, 4) is 5.88 Å². The van der Waals surface area contributed by atoms with Crippen LogP contribution < -0.4 is 14.4 Å². The minimum Gasteiger partial charge on any atom is -0.481 e. The van der Waals surface area contributed by atoms with Crippen molar-refractivity contribution < 1.29 is 17.9 Å². The molecule has 0 radical (unpaired) electrons. The van der Waals surface area contributed by atoms with Crippen LogP contribution in [0.3, 0.4) is 0 Å². The molecule has 8 heteroatoms. The monoisotopic (exact) mass is 487 g/mol. The van der Waals surface area contributed by atoms with E-state index in [2.05, 4.69) is 10.3 Å². The first-order valence-corrected chi connectivity index (χ1v) is 12.4. The first-order valence-electron chi connectivity index (χ1n) is 11.0. The van der Waals surface area contributed by atoms with Crippen LogP contribution in [0, 0.1) is 0 Å². The zero-order valence-electron chi connectivity index (χ0n) is 19.2. The lowest BCUT2D eigenvalue weighted by Crippen LogP contribution is -2.31. The number of nitrogens with one attached hydrogen (secondary N) is 1. The predicted octanol–water partition coefficient (Wildman–Crippen LogP) is 4.42. The van der Waals surface area contributed by atoms with Crippen molar-refractivity contribution >= 4 is 21.6 Å². The van der Waals surface area contributed by atoms with Crippen molar-refractivity contribution in [1.82, 2.24) is 10.3 Å². The predicted molar refractivity (Wildman–Crippen MR) is 135 cm³/mol. The fraction of sp³-hybridized carbons (Fsp3) is 0.111. The molecule has 7 nitrogen and oxygen atoms in total. The summed E-state index contributed by atoms with van der Waals surface area (Å²) in [5.74, 6) is 0.101. The average Bonchev–Trinajstić information content (AvgIpc) is 2.91. The molecule has 35 heavy (non-hydrogen) atoms. The number of ether oxygens (including phenoxy) is 1. The molecule has 0 aliphatic heterocycles. The van der Waals surface area contributed by atoms with Crippen molar-refractivity contribution in [3.63, 3.8) is 0 Å². The zero-order chi connectivity index (χ0) is 24.7. The van der Waals surface area contributed by atoms with Crippen LogP contribution in [0.25, 0.3) is 0 Å². The van der Waals surface area contributed by atoms with Gasteiger partial charge in [-0.05, 0) is 41.5 Å². The van der Waals surface area contributed by atoms with Crippen LogP contribution in [0.1, 0.15) is 21.5 Å². The molecule has 0 saturated carbocycles. The van der Waals surface area contributed by atoms with Gasteiger partial charge in [-0.3, -0.25) is 9.10 Å². The number of amides is 1. The molecule has 178 valence electrons. The molecule has 0 unspecified atom stereocenters. The summed E-state index contributed by atoms with van der Waals surface area (Å²) in [4.78, 5) is 16.9. The number of carbonyl (C=O) groups excluding carboxylic acids is 1.